The van der Waals surface area contributed by atoms with Crippen molar-refractivity contribution in [3.8, 4) is 0 Å². The number of fused-ring (bicyclic) bond motifs is 1. The summed E-state index contributed by atoms with van der Waals surface area (Å²) < 4.78 is 13.5. The van der Waals surface area contributed by atoms with E-state index in [-0.39, 0.29) is 17.3 Å². The van der Waals surface area contributed by atoms with E-state index >= 15 is 9.59 Å². The van der Waals surface area contributed by atoms with E-state index in [1.807, 2.05) is 0 Å². The molecule has 6 aliphatic carbocycles. The van der Waals surface area contributed by atoms with Gasteiger partial charge in [-0.05, 0) is 307 Å². The molecule has 6 heteroatoms. The SMILES string of the molecule is Cn1c(=O)n2n(c1=O)C13c4c5c6c7c8c9c%10c%11c(c%12c%13c%14c(c%15c4c4c%16c5c5c7c7c8c8c%10c%10c%17c%11c%13c%11c%13c%14c%14c%15c4c4c%15c%16c5c5c7c7c8c%10c8c(c%17%11)c%10c%13c%14c4c4c%15c5c7c8c%104)C%1221)C9C63COC(C)(C)C. The van der Waals surface area contributed by atoms with Gasteiger partial charge in [0, 0.05) is 29.7 Å². The van der Waals surface area contributed by atoms with Crippen molar-refractivity contribution in [1.82, 2.24) is 13.9 Å². The van der Waals surface area contributed by atoms with E-state index in [2.05, 4.69) is 30.1 Å². The first-order chi connectivity index (χ1) is 36.3. The number of aromatic nitrogens is 3. The van der Waals surface area contributed by atoms with Crippen molar-refractivity contribution in [1.29, 1.82) is 0 Å². The van der Waals surface area contributed by atoms with Gasteiger partial charge in [-0.25, -0.2) is 23.5 Å². The number of nitrogens with zero attached hydrogens (tertiary/aromatic N) is 3. The fourth-order valence-electron chi connectivity index (χ4n) is 26.6. The average Bonchev–Trinajstić information content (AvgIpc) is 2.32. The number of hydrogen-bond acceptors (Lipinski definition) is 3. The normalized spacial score (nSPS) is 25.3. The maximum atomic E-state index is 16.2. The van der Waals surface area contributed by atoms with Crippen molar-refractivity contribution in [3.05, 3.63) is 54.3 Å². The Labute approximate surface area is 402 Å². The Morgan fingerprint density at radius 3 is 1.01 bits per heavy atom. The summed E-state index contributed by atoms with van der Waals surface area (Å²) in [4.78, 5) is 32.3. The summed E-state index contributed by atoms with van der Waals surface area (Å²) in [5, 5.41) is 76.2. The third-order valence-electron chi connectivity index (χ3n) is 26.6. The predicted octanol–water partition coefficient (Wildman–Crippen LogP) is 14.8. The molecule has 27 aromatic rings. The van der Waals surface area contributed by atoms with E-state index in [1.54, 1.807) is 136 Å². The molecule has 7 aliphatic rings. The molecule has 4 unspecified atom stereocenters. The maximum absolute atomic E-state index is 16.2. The van der Waals surface area contributed by atoms with Crippen LogP contribution < -0.4 is 11.4 Å². The van der Waals surface area contributed by atoms with E-state index in [0.717, 1.165) is 0 Å². The zero-order valence-electron chi connectivity index (χ0n) is 38.9. The fraction of sp³-hybridized carbons (Fsp3) is 0.147. The number of benzene rings is 17. The van der Waals surface area contributed by atoms with E-state index in [9.17, 15) is 0 Å². The molecule has 26 aromatic carbocycles. The standard InChI is InChI=1S/C68H15N3O3/c1-65(2,3)74-5-66-58-51-46-31-23-16-12-6-7-9-11-10-8(6)13-14(12)24-29(23)39-43-33(24)32-22(13)26-19(10)25-20(11)28-27-18(9)21-15(7)17(16)30(31)35-34(21)41-38(27)47-40(28)45-37(25)44-36(26)42(32)52-53(43)61(56(58)48(39)46)67-60(52)54(44)55(45)62(57(47)59(66)50(41)49(35)51)68(66,67)71-64(73)69(4)63(72)70(67)71/h58H,5H2,1-4H3. The molecule has 4 atom stereocenters. The second kappa shape index (κ2) is 6.26. The minimum Gasteiger partial charge on any atom is -0.375 e. The van der Waals surface area contributed by atoms with Gasteiger partial charge in [0.2, 0.25) is 0 Å². The van der Waals surface area contributed by atoms with E-state index in [4.69, 9.17) is 4.74 Å². The van der Waals surface area contributed by atoms with Gasteiger partial charge in [0.25, 0.3) is 0 Å². The fourth-order valence-corrected chi connectivity index (χ4v) is 26.6. The molecule has 0 radical (unpaired) electrons. The van der Waals surface area contributed by atoms with Crippen LogP contribution in [0.4, 0.5) is 0 Å². The third-order valence-corrected chi connectivity index (χ3v) is 26.6. The lowest BCUT2D eigenvalue weighted by atomic mass is 9.42. The Morgan fingerprint density at radius 1 is 0.338 bits per heavy atom. The van der Waals surface area contributed by atoms with Gasteiger partial charge >= 0.3 is 11.4 Å². The van der Waals surface area contributed by atoms with Crippen molar-refractivity contribution >= 4 is 269 Å². The molecule has 2 heterocycles. The van der Waals surface area contributed by atoms with Crippen LogP contribution in [0, 0.1) is 0 Å². The first kappa shape index (κ1) is 28.6. The van der Waals surface area contributed by atoms with Crippen LogP contribution >= 0.6 is 0 Å². The quantitative estimate of drug-likeness (QED) is 0.162. The summed E-state index contributed by atoms with van der Waals surface area (Å²) in [6, 6.07) is 0. The predicted molar refractivity (Wildman–Crippen MR) is 300 cm³/mol. The van der Waals surface area contributed by atoms with Crippen molar-refractivity contribution < 1.29 is 4.74 Å². The minimum atomic E-state index is -0.983. The second-order valence-corrected chi connectivity index (χ2v) is 28.1. The molecule has 0 saturated heterocycles. The monoisotopic (exact) mass is 921 g/mol. The van der Waals surface area contributed by atoms with Crippen LogP contribution in [0.3, 0.4) is 0 Å². The molecule has 0 N–H and O–H groups in total. The third kappa shape index (κ3) is 1.47. The molecule has 0 fully saturated rings. The van der Waals surface area contributed by atoms with Crippen LogP contribution in [0.2, 0.25) is 0 Å². The van der Waals surface area contributed by atoms with Gasteiger partial charge in [-0.1, -0.05) is 0 Å². The summed E-state index contributed by atoms with van der Waals surface area (Å²) >= 11 is 0. The Bertz CT molecular complexity index is 7830. The van der Waals surface area contributed by atoms with E-state index in [1.165, 1.54) is 178 Å². The summed E-state index contributed by atoms with van der Waals surface area (Å²) in [6.45, 7) is 7.20. The zero-order valence-corrected chi connectivity index (χ0v) is 38.9. The highest BCUT2D eigenvalue weighted by Gasteiger charge is 2.88. The van der Waals surface area contributed by atoms with E-state index in [0.29, 0.717) is 6.61 Å². The average molecular weight is 922 g/mol. The molecule has 74 heavy (non-hydrogen) atoms. The van der Waals surface area contributed by atoms with Gasteiger partial charge in [-0.2, -0.15) is 0 Å². The Hall–Kier alpha value is -8.58. The Balaban J connectivity index is 1.16. The number of ether oxygens (including phenoxy) is 1. The first-order valence-electron chi connectivity index (χ1n) is 27.4. The van der Waals surface area contributed by atoms with Gasteiger partial charge in [0.05, 0.1) is 17.6 Å². The molecule has 320 valence electrons. The van der Waals surface area contributed by atoms with Gasteiger partial charge < -0.3 is 4.74 Å². The molecule has 1 aliphatic heterocycles. The maximum Gasteiger partial charge on any atom is 0.348 e. The van der Waals surface area contributed by atoms with Crippen LogP contribution in [0.5, 0.6) is 0 Å². The molecule has 0 amide bonds. The van der Waals surface area contributed by atoms with Gasteiger partial charge in [-0.3, -0.25) is 0 Å². The lowest BCUT2D eigenvalue weighted by molar-refractivity contribution is -0.126. The van der Waals surface area contributed by atoms with Crippen molar-refractivity contribution in [3.63, 3.8) is 0 Å². The molecular weight excluding hydrogens is 907 g/mol. The Kier molecular flexibility index (Phi) is 2.42. The van der Waals surface area contributed by atoms with Crippen LogP contribution in [0.15, 0.2) is 9.59 Å². The molecule has 0 saturated carbocycles. The highest BCUT2D eigenvalue weighted by Crippen LogP contribution is 2.90. The molecular formula is C68H15N3O3. The van der Waals surface area contributed by atoms with Crippen molar-refractivity contribution in [2.24, 2.45) is 7.05 Å². The van der Waals surface area contributed by atoms with Crippen LogP contribution in [0.1, 0.15) is 60.1 Å². The second-order valence-electron chi connectivity index (χ2n) is 28.1. The highest BCUT2D eigenvalue weighted by molar-refractivity contribution is 6.80. The lowest BCUT2D eigenvalue weighted by Gasteiger charge is -2.70. The number of rotatable bonds is 2. The molecule has 1 aromatic heterocycles. The van der Waals surface area contributed by atoms with Gasteiger partial charge in [0.1, 0.15) is 11.1 Å². The largest absolute Gasteiger partial charge is 0.375 e. The molecule has 34 rings (SSSR count). The summed E-state index contributed by atoms with van der Waals surface area (Å²) in [5.41, 5.74) is 5.05. The molecule has 6 nitrogen and oxygen atoms in total. The van der Waals surface area contributed by atoms with Crippen molar-refractivity contribution in [2.45, 2.75) is 48.8 Å². The zero-order chi connectivity index (χ0) is 45.2. The summed E-state index contributed by atoms with van der Waals surface area (Å²) in [7, 11) is 1.78. The van der Waals surface area contributed by atoms with Crippen LogP contribution in [-0.4, -0.2) is 26.1 Å². The smallest absolute Gasteiger partial charge is 0.348 e. The topological polar surface area (TPSA) is 58.2 Å². The van der Waals surface area contributed by atoms with Crippen LogP contribution in [0.25, 0.3) is 269 Å². The van der Waals surface area contributed by atoms with Crippen LogP contribution in [-0.2, 0) is 28.3 Å². The van der Waals surface area contributed by atoms with E-state index < -0.39 is 22.1 Å². The Morgan fingerprint density at radius 2 is 0.622 bits per heavy atom. The summed E-state index contributed by atoms with van der Waals surface area (Å²) in [6.07, 6.45) is 0. The van der Waals surface area contributed by atoms with Gasteiger partial charge in [0.15, 0.2) is 0 Å². The highest BCUT2D eigenvalue weighted by atomic mass is 16.5. The molecule has 0 bridgehead atoms. The summed E-state index contributed by atoms with van der Waals surface area (Å²) in [5.74, 6) is -0.0826. The first-order valence-corrected chi connectivity index (χ1v) is 27.4. The lowest BCUT2D eigenvalue weighted by Crippen LogP contribution is -2.83. The minimum absolute atomic E-state index is 0.0826. The number of hydrogen-bond donors (Lipinski definition) is 0. The molecule has 2 spiro atoms. The van der Waals surface area contributed by atoms with Gasteiger partial charge in [-0.15, -0.1) is 0 Å². The van der Waals surface area contributed by atoms with Crippen molar-refractivity contribution in [2.75, 3.05) is 6.61 Å².